The molecule has 0 bridgehead atoms. The Hall–Kier alpha value is -4.44. The van der Waals surface area contributed by atoms with Crippen LogP contribution in [0, 0.1) is 0 Å². The molecule has 1 aliphatic rings. The van der Waals surface area contributed by atoms with Crippen molar-refractivity contribution in [1.29, 1.82) is 0 Å². The van der Waals surface area contributed by atoms with Gasteiger partial charge in [0.1, 0.15) is 30.6 Å². The summed E-state index contributed by atoms with van der Waals surface area (Å²) >= 11 is 0. The number of hydrogen-bond acceptors (Lipinski definition) is 8. The quantitative estimate of drug-likeness (QED) is 0.400. The minimum atomic E-state index is -0.148. The third-order valence-corrected chi connectivity index (χ3v) is 6.37. The number of methoxy groups -OCH3 is 1. The van der Waals surface area contributed by atoms with Crippen LogP contribution in [-0.2, 0) is 13.1 Å². The van der Waals surface area contributed by atoms with E-state index < -0.39 is 0 Å². The minimum Gasteiger partial charge on any atom is -0.496 e. The summed E-state index contributed by atoms with van der Waals surface area (Å²) in [5.74, 6) is 2.02. The number of carbonyl (C=O) groups is 1. The first-order valence-corrected chi connectivity index (χ1v) is 12.4. The molecule has 38 heavy (non-hydrogen) atoms. The fourth-order valence-electron chi connectivity index (χ4n) is 4.35. The van der Waals surface area contributed by atoms with Crippen LogP contribution < -0.4 is 14.2 Å². The predicted octanol–water partition coefficient (Wildman–Crippen LogP) is 3.49. The van der Waals surface area contributed by atoms with E-state index in [1.807, 2.05) is 30.3 Å². The van der Waals surface area contributed by atoms with E-state index in [1.54, 1.807) is 48.4 Å². The van der Waals surface area contributed by atoms with Crippen LogP contribution >= 0.6 is 0 Å². The lowest BCUT2D eigenvalue weighted by Crippen LogP contribution is -2.37. The molecule has 4 aromatic rings. The van der Waals surface area contributed by atoms with Crippen LogP contribution in [0.3, 0.4) is 0 Å². The highest BCUT2D eigenvalue weighted by Crippen LogP contribution is 2.32. The second kappa shape index (κ2) is 11.7. The molecule has 0 saturated heterocycles. The summed E-state index contributed by atoms with van der Waals surface area (Å²) in [6.07, 6.45) is 4.82. The van der Waals surface area contributed by atoms with E-state index >= 15 is 0 Å². The summed E-state index contributed by atoms with van der Waals surface area (Å²) in [4.78, 5) is 25.6. The zero-order valence-electron chi connectivity index (χ0n) is 21.5. The van der Waals surface area contributed by atoms with E-state index in [4.69, 9.17) is 14.2 Å². The van der Waals surface area contributed by atoms with Crippen molar-refractivity contribution >= 4 is 5.91 Å². The number of para-hydroxylation sites is 2. The number of amides is 1. The molecule has 0 saturated carbocycles. The van der Waals surface area contributed by atoms with Gasteiger partial charge in [-0.1, -0.05) is 18.2 Å². The summed E-state index contributed by atoms with van der Waals surface area (Å²) in [5, 5.41) is 4.22. The van der Waals surface area contributed by atoms with Crippen molar-refractivity contribution in [2.24, 2.45) is 0 Å². The van der Waals surface area contributed by atoms with Gasteiger partial charge in [-0.2, -0.15) is 5.10 Å². The van der Waals surface area contributed by atoms with Gasteiger partial charge < -0.3 is 19.1 Å². The third kappa shape index (κ3) is 5.92. The number of hydrogen-bond donors (Lipinski definition) is 0. The Bertz CT molecular complexity index is 1380. The van der Waals surface area contributed by atoms with Gasteiger partial charge in [-0.05, 0) is 42.0 Å². The van der Waals surface area contributed by atoms with Crippen molar-refractivity contribution in [2.75, 3.05) is 40.4 Å². The van der Waals surface area contributed by atoms with Crippen LogP contribution in [0.4, 0.5) is 0 Å². The maximum atomic E-state index is 13.3. The van der Waals surface area contributed by atoms with Crippen LogP contribution in [0.1, 0.15) is 21.5 Å². The molecule has 0 N–H and O–H groups in total. The summed E-state index contributed by atoms with van der Waals surface area (Å²) in [5.41, 5.74) is 2.54. The molecule has 2 aromatic carbocycles. The Morgan fingerprint density at radius 1 is 1.00 bits per heavy atom. The van der Waals surface area contributed by atoms with Crippen LogP contribution in [0.5, 0.6) is 23.1 Å². The van der Waals surface area contributed by atoms with E-state index in [2.05, 4.69) is 32.1 Å². The van der Waals surface area contributed by atoms with Gasteiger partial charge in [-0.3, -0.25) is 9.69 Å². The largest absolute Gasteiger partial charge is 0.496 e. The summed E-state index contributed by atoms with van der Waals surface area (Å²) in [7, 11) is 3.46. The van der Waals surface area contributed by atoms with Gasteiger partial charge in [0.25, 0.3) is 5.91 Å². The Morgan fingerprint density at radius 3 is 2.68 bits per heavy atom. The molecule has 10 nitrogen and oxygen atoms in total. The molecule has 0 aliphatic carbocycles. The Labute approximate surface area is 221 Å². The summed E-state index contributed by atoms with van der Waals surface area (Å²) in [6, 6.07) is 17.1. The number of pyridine rings is 1. The number of carbonyl (C=O) groups excluding carboxylic acids is 1. The standard InChI is InChI=1S/C28H30N6O4/c1-32-12-13-33(17-21-9-10-24(36-2)22(16-21)18-34-20-29-19-31-34)14-15-37-25-7-3-4-8-26(25)38-27-23(28(32)35)6-5-11-30-27/h3-11,16,19-20H,12-15,17-18H2,1-2H3. The normalized spacial score (nSPS) is 14.7. The first-order chi connectivity index (χ1) is 18.6. The van der Waals surface area contributed by atoms with Crippen molar-refractivity contribution in [1.82, 2.24) is 29.5 Å². The lowest BCUT2D eigenvalue weighted by atomic mass is 10.1. The predicted molar refractivity (Wildman–Crippen MR) is 141 cm³/mol. The van der Waals surface area contributed by atoms with Crippen molar-refractivity contribution in [3.05, 3.63) is 90.1 Å². The molecule has 196 valence electrons. The maximum absolute atomic E-state index is 13.3. The van der Waals surface area contributed by atoms with Gasteiger partial charge in [-0.25, -0.2) is 14.6 Å². The van der Waals surface area contributed by atoms with Crippen molar-refractivity contribution < 1.29 is 19.0 Å². The molecule has 10 heteroatoms. The molecule has 3 heterocycles. The second-order valence-corrected chi connectivity index (χ2v) is 9.00. The van der Waals surface area contributed by atoms with Crippen molar-refractivity contribution in [3.63, 3.8) is 0 Å². The molecule has 0 unspecified atom stereocenters. The van der Waals surface area contributed by atoms with Crippen LogP contribution in [0.2, 0.25) is 0 Å². The SMILES string of the molecule is COc1ccc(CN2CCOc3ccccc3Oc3ncccc3C(=O)N(C)CC2)cc1Cn1cncn1. The molecule has 0 spiro atoms. The van der Waals surface area contributed by atoms with Gasteiger partial charge in [-0.15, -0.1) is 0 Å². The monoisotopic (exact) mass is 514 g/mol. The highest BCUT2D eigenvalue weighted by Gasteiger charge is 2.21. The van der Waals surface area contributed by atoms with Gasteiger partial charge in [0.15, 0.2) is 11.5 Å². The number of benzene rings is 2. The lowest BCUT2D eigenvalue weighted by Gasteiger charge is -2.26. The summed E-state index contributed by atoms with van der Waals surface area (Å²) in [6.45, 7) is 3.54. The smallest absolute Gasteiger partial charge is 0.259 e. The van der Waals surface area contributed by atoms with E-state index in [1.165, 1.54) is 6.33 Å². The van der Waals surface area contributed by atoms with Crippen molar-refractivity contribution in [3.8, 4) is 23.1 Å². The fourth-order valence-corrected chi connectivity index (χ4v) is 4.35. The molecule has 2 aromatic heterocycles. The maximum Gasteiger partial charge on any atom is 0.259 e. The molecule has 5 rings (SSSR count). The Balaban J connectivity index is 1.39. The molecule has 1 aliphatic heterocycles. The van der Waals surface area contributed by atoms with Gasteiger partial charge in [0, 0.05) is 45.0 Å². The van der Waals surface area contributed by atoms with E-state index in [0.717, 1.165) is 16.9 Å². The molecular formula is C28H30N6O4. The zero-order valence-corrected chi connectivity index (χ0v) is 21.5. The first-order valence-electron chi connectivity index (χ1n) is 12.4. The Kier molecular flexibility index (Phi) is 7.79. The molecule has 0 atom stereocenters. The average Bonchev–Trinajstić information content (AvgIpc) is 3.45. The van der Waals surface area contributed by atoms with Gasteiger partial charge in [0.05, 0.1) is 13.7 Å². The minimum absolute atomic E-state index is 0.148. The number of ether oxygens (including phenoxy) is 3. The highest BCUT2D eigenvalue weighted by atomic mass is 16.5. The highest BCUT2D eigenvalue weighted by molar-refractivity contribution is 5.96. The number of nitrogens with zero attached hydrogens (tertiary/aromatic N) is 6. The molecular weight excluding hydrogens is 484 g/mol. The van der Waals surface area contributed by atoms with Crippen LogP contribution in [0.15, 0.2) is 73.4 Å². The van der Waals surface area contributed by atoms with E-state index in [0.29, 0.717) is 56.4 Å². The van der Waals surface area contributed by atoms with E-state index in [9.17, 15) is 4.79 Å². The van der Waals surface area contributed by atoms with Crippen molar-refractivity contribution in [2.45, 2.75) is 13.1 Å². The van der Waals surface area contributed by atoms with Crippen LogP contribution in [-0.4, -0.2) is 75.9 Å². The van der Waals surface area contributed by atoms with Gasteiger partial charge in [0.2, 0.25) is 5.88 Å². The zero-order chi connectivity index (χ0) is 26.3. The number of rotatable bonds is 5. The lowest BCUT2D eigenvalue weighted by molar-refractivity contribution is 0.0770. The number of likely N-dealkylation sites (N-methyl/N-ethyl adjacent to an activating group) is 1. The molecule has 1 amide bonds. The van der Waals surface area contributed by atoms with E-state index in [-0.39, 0.29) is 11.8 Å². The van der Waals surface area contributed by atoms with Gasteiger partial charge >= 0.3 is 0 Å². The fraction of sp³-hybridized carbons (Fsp3) is 0.286. The Morgan fingerprint density at radius 2 is 1.87 bits per heavy atom. The average molecular weight is 515 g/mol. The third-order valence-electron chi connectivity index (χ3n) is 6.37. The topological polar surface area (TPSA) is 94.8 Å². The summed E-state index contributed by atoms with van der Waals surface area (Å²) < 4.78 is 19.5. The first kappa shape index (κ1) is 25.2. The van der Waals surface area contributed by atoms with Crippen LogP contribution in [0.25, 0.3) is 0 Å². The molecule has 0 fully saturated rings. The number of aromatic nitrogens is 4. The number of fused-ring (bicyclic) bond motifs is 2. The second-order valence-electron chi connectivity index (χ2n) is 9.00. The molecule has 0 radical (unpaired) electrons.